The van der Waals surface area contributed by atoms with Crippen molar-refractivity contribution in [3.8, 4) is 0 Å². The van der Waals surface area contributed by atoms with Gasteiger partial charge in [-0.15, -0.1) is 11.3 Å². The molecule has 0 aromatic carbocycles. The van der Waals surface area contributed by atoms with Gasteiger partial charge in [-0.05, 0) is 25.3 Å². The van der Waals surface area contributed by atoms with E-state index in [-0.39, 0.29) is 23.3 Å². The van der Waals surface area contributed by atoms with E-state index in [0.717, 1.165) is 4.88 Å². The van der Waals surface area contributed by atoms with Crippen LogP contribution >= 0.6 is 11.3 Å². The smallest absolute Gasteiger partial charge is 0.354 e. The van der Waals surface area contributed by atoms with Gasteiger partial charge in [0.2, 0.25) is 0 Å². The number of hydrogen-bond donors (Lipinski definition) is 2. The number of imidazole rings is 1. The van der Waals surface area contributed by atoms with Gasteiger partial charge in [0.25, 0.3) is 5.91 Å². The minimum Gasteiger partial charge on any atom is -0.477 e. The maximum atomic E-state index is 12.5. The number of carboxylic acids is 1. The van der Waals surface area contributed by atoms with Gasteiger partial charge in [0.1, 0.15) is 0 Å². The number of carboxylic acid groups (broad SMARTS) is 1. The maximum Gasteiger partial charge on any atom is 0.354 e. The van der Waals surface area contributed by atoms with Crippen molar-refractivity contribution < 1.29 is 14.7 Å². The van der Waals surface area contributed by atoms with Gasteiger partial charge in [0.05, 0.1) is 12.9 Å². The molecule has 0 radical (unpaired) electrons. The number of amides is 1. The average molecular weight is 293 g/mol. The molecule has 0 saturated heterocycles. The van der Waals surface area contributed by atoms with Crippen LogP contribution in [0.5, 0.6) is 0 Å². The monoisotopic (exact) mass is 293 g/mol. The number of hydrogen-bond acceptors (Lipinski definition) is 4. The molecule has 0 aliphatic heterocycles. The standard InChI is InChI=1S/C13H15N3O3S/c1-8(2)16(6-9-4-3-5-20-9)12(17)10-11(13(18)19)15-7-14-10/h3-5,7-8H,6H2,1-2H3,(H,14,15)(H,18,19). The molecule has 0 saturated carbocycles. The SMILES string of the molecule is CC(C)N(Cc1cccs1)C(=O)c1nc[nH]c1C(=O)O. The van der Waals surface area contributed by atoms with E-state index >= 15 is 0 Å². The highest BCUT2D eigenvalue weighted by Gasteiger charge is 2.26. The first-order chi connectivity index (χ1) is 9.50. The lowest BCUT2D eigenvalue weighted by Crippen LogP contribution is -2.37. The molecule has 1 amide bonds. The zero-order chi connectivity index (χ0) is 14.7. The van der Waals surface area contributed by atoms with Crippen molar-refractivity contribution >= 4 is 23.2 Å². The van der Waals surface area contributed by atoms with Crippen LogP contribution in [0.1, 0.15) is 39.7 Å². The average Bonchev–Trinajstić information content (AvgIpc) is 3.05. The van der Waals surface area contributed by atoms with Crippen LogP contribution in [-0.4, -0.2) is 37.9 Å². The Hall–Kier alpha value is -2.15. The third-order valence-electron chi connectivity index (χ3n) is 2.85. The number of carbonyl (C=O) groups is 2. The summed E-state index contributed by atoms with van der Waals surface area (Å²) in [6.07, 6.45) is 1.22. The van der Waals surface area contributed by atoms with E-state index in [2.05, 4.69) is 9.97 Å². The van der Waals surface area contributed by atoms with Crippen molar-refractivity contribution in [1.82, 2.24) is 14.9 Å². The molecule has 2 heterocycles. The number of aromatic amines is 1. The second-order valence-corrected chi connectivity index (χ2v) is 5.57. The molecule has 2 aromatic heterocycles. The quantitative estimate of drug-likeness (QED) is 0.885. The number of rotatable bonds is 5. The fourth-order valence-corrected chi connectivity index (χ4v) is 2.52. The number of carbonyl (C=O) groups excluding carboxylic acids is 1. The fraction of sp³-hybridized carbons (Fsp3) is 0.308. The molecule has 2 N–H and O–H groups in total. The highest BCUT2D eigenvalue weighted by molar-refractivity contribution is 7.09. The predicted molar refractivity (Wildman–Crippen MR) is 74.9 cm³/mol. The van der Waals surface area contributed by atoms with Gasteiger partial charge >= 0.3 is 5.97 Å². The Morgan fingerprint density at radius 1 is 1.50 bits per heavy atom. The predicted octanol–water partition coefficient (Wildman–Crippen LogP) is 2.22. The second kappa shape index (κ2) is 5.87. The summed E-state index contributed by atoms with van der Waals surface area (Å²) in [7, 11) is 0. The van der Waals surface area contributed by atoms with E-state index < -0.39 is 5.97 Å². The highest BCUT2D eigenvalue weighted by atomic mass is 32.1. The third-order valence-corrected chi connectivity index (χ3v) is 3.71. The number of thiophene rings is 1. The van der Waals surface area contributed by atoms with Gasteiger partial charge in [-0.2, -0.15) is 0 Å². The number of nitrogens with zero attached hydrogens (tertiary/aromatic N) is 2. The van der Waals surface area contributed by atoms with Crippen LogP contribution in [0.15, 0.2) is 23.8 Å². The molecule has 106 valence electrons. The molecule has 0 fully saturated rings. The van der Waals surface area contributed by atoms with Crippen molar-refractivity contribution in [2.45, 2.75) is 26.4 Å². The third kappa shape index (κ3) is 2.88. The molecule has 2 aromatic rings. The second-order valence-electron chi connectivity index (χ2n) is 4.54. The van der Waals surface area contributed by atoms with Crippen molar-refractivity contribution in [1.29, 1.82) is 0 Å². The zero-order valence-corrected chi connectivity index (χ0v) is 12.0. The van der Waals surface area contributed by atoms with Crippen LogP contribution in [0.2, 0.25) is 0 Å². The van der Waals surface area contributed by atoms with Crippen molar-refractivity contribution in [3.05, 3.63) is 40.1 Å². The number of aromatic nitrogens is 2. The van der Waals surface area contributed by atoms with Crippen molar-refractivity contribution in [2.24, 2.45) is 0 Å². The molecule has 7 heteroatoms. The normalized spacial score (nSPS) is 10.8. The van der Waals surface area contributed by atoms with Crippen LogP contribution in [0.25, 0.3) is 0 Å². The molecule has 2 rings (SSSR count). The van der Waals surface area contributed by atoms with E-state index in [9.17, 15) is 9.59 Å². The molecule has 0 unspecified atom stereocenters. The number of aromatic carboxylic acids is 1. The van der Waals surface area contributed by atoms with Gasteiger partial charge in [0.15, 0.2) is 11.4 Å². The van der Waals surface area contributed by atoms with E-state index in [4.69, 9.17) is 5.11 Å². The maximum absolute atomic E-state index is 12.5. The summed E-state index contributed by atoms with van der Waals surface area (Å²) in [5, 5.41) is 11.0. The lowest BCUT2D eigenvalue weighted by atomic mass is 10.2. The first-order valence-corrected chi connectivity index (χ1v) is 6.98. The van der Waals surface area contributed by atoms with Gasteiger partial charge in [-0.1, -0.05) is 6.07 Å². The van der Waals surface area contributed by atoms with E-state index in [1.165, 1.54) is 6.33 Å². The van der Waals surface area contributed by atoms with Crippen LogP contribution in [0, 0.1) is 0 Å². The molecule has 0 aliphatic rings. The largest absolute Gasteiger partial charge is 0.477 e. The molecule has 20 heavy (non-hydrogen) atoms. The molecule has 6 nitrogen and oxygen atoms in total. The Morgan fingerprint density at radius 2 is 2.25 bits per heavy atom. The first kappa shape index (κ1) is 14.3. The summed E-state index contributed by atoms with van der Waals surface area (Å²) in [6, 6.07) is 3.80. The first-order valence-electron chi connectivity index (χ1n) is 6.10. The van der Waals surface area contributed by atoms with Gasteiger partial charge in [0, 0.05) is 10.9 Å². The van der Waals surface area contributed by atoms with Crippen LogP contribution < -0.4 is 0 Å². The Morgan fingerprint density at radius 3 is 2.80 bits per heavy atom. The van der Waals surface area contributed by atoms with Crippen LogP contribution in [-0.2, 0) is 6.54 Å². The van der Waals surface area contributed by atoms with Crippen molar-refractivity contribution in [3.63, 3.8) is 0 Å². The molecular formula is C13H15N3O3S. The molecule has 0 atom stereocenters. The summed E-state index contributed by atoms with van der Waals surface area (Å²) in [6.45, 7) is 4.22. The highest BCUT2D eigenvalue weighted by Crippen LogP contribution is 2.17. The summed E-state index contributed by atoms with van der Waals surface area (Å²) in [5.41, 5.74) is -0.227. The Kier molecular flexibility index (Phi) is 4.19. The Labute approximate surface area is 120 Å². The summed E-state index contributed by atoms with van der Waals surface area (Å²) in [5.74, 6) is -1.57. The fourth-order valence-electron chi connectivity index (χ4n) is 1.81. The lowest BCUT2D eigenvalue weighted by Gasteiger charge is -2.25. The van der Waals surface area contributed by atoms with E-state index in [0.29, 0.717) is 6.54 Å². The number of nitrogens with one attached hydrogen (secondary N) is 1. The zero-order valence-electron chi connectivity index (χ0n) is 11.2. The summed E-state index contributed by atoms with van der Waals surface area (Å²) in [4.78, 5) is 32.5. The summed E-state index contributed by atoms with van der Waals surface area (Å²) >= 11 is 1.56. The molecule has 0 spiro atoms. The van der Waals surface area contributed by atoms with Crippen LogP contribution in [0.4, 0.5) is 0 Å². The topological polar surface area (TPSA) is 86.3 Å². The Bertz CT molecular complexity index is 604. The van der Waals surface area contributed by atoms with Gasteiger partial charge < -0.3 is 15.0 Å². The van der Waals surface area contributed by atoms with E-state index in [1.807, 2.05) is 31.4 Å². The minimum absolute atomic E-state index is 0.0528. The van der Waals surface area contributed by atoms with Crippen molar-refractivity contribution in [2.75, 3.05) is 0 Å². The number of H-pyrrole nitrogens is 1. The Balaban J connectivity index is 2.27. The molecular weight excluding hydrogens is 278 g/mol. The summed E-state index contributed by atoms with van der Waals surface area (Å²) < 4.78 is 0. The van der Waals surface area contributed by atoms with Gasteiger partial charge in [-0.3, -0.25) is 4.79 Å². The lowest BCUT2D eigenvalue weighted by molar-refractivity contribution is 0.0645. The molecule has 0 bridgehead atoms. The van der Waals surface area contributed by atoms with Gasteiger partial charge in [-0.25, -0.2) is 9.78 Å². The molecule has 0 aliphatic carbocycles. The van der Waals surface area contributed by atoms with E-state index in [1.54, 1.807) is 16.2 Å². The minimum atomic E-state index is -1.19. The van der Waals surface area contributed by atoms with Crippen LogP contribution in [0.3, 0.4) is 0 Å².